The highest BCUT2D eigenvalue weighted by Crippen LogP contribution is 2.36. The summed E-state index contributed by atoms with van der Waals surface area (Å²) in [6, 6.07) is 0.369. The first-order valence-electron chi connectivity index (χ1n) is 5.83. The molecule has 0 aromatic carbocycles. The Balaban J connectivity index is 1.95. The van der Waals surface area contributed by atoms with Crippen molar-refractivity contribution in [3.8, 4) is 0 Å². The molecule has 0 aromatic rings. The number of nitrogens with zero attached hydrogens (tertiary/aromatic N) is 1. The monoisotopic (exact) mass is 285 g/mol. The molecule has 1 aliphatic carbocycles. The van der Waals surface area contributed by atoms with Crippen LogP contribution in [0.2, 0.25) is 0 Å². The van der Waals surface area contributed by atoms with Crippen LogP contribution < -0.4 is 0 Å². The summed E-state index contributed by atoms with van der Waals surface area (Å²) < 4.78 is 5.49. The average Bonchev–Trinajstić information content (AvgIpc) is 2.29. The van der Waals surface area contributed by atoms with E-state index in [0.717, 1.165) is 38.2 Å². The second-order valence-electron chi connectivity index (χ2n) is 4.65. The van der Waals surface area contributed by atoms with E-state index in [1.165, 1.54) is 5.70 Å². The smallest absolute Gasteiger partial charge is 0.0827 e. The SMILES string of the molecule is OC1C[C@H]2COCCN2C2=C1C=C[C@H](Br)C2. The summed E-state index contributed by atoms with van der Waals surface area (Å²) in [7, 11) is 0. The van der Waals surface area contributed by atoms with Crippen LogP contribution >= 0.6 is 15.9 Å². The highest BCUT2D eigenvalue weighted by molar-refractivity contribution is 9.09. The molecule has 3 nitrogen and oxygen atoms in total. The Morgan fingerprint density at radius 3 is 3.25 bits per heavy atom. The minimum atomic E-state index is -0.311. The zero-order valence-electron chi connectivity index (χ0n) is 9.10. The lowest BCUT2D eigenvalue weighted by molar-refractivity contribution is -0.0179. The lowest BCUT2D eigenvalue weighted by Crippen LogP contribution is -2.50. The van der Waals surface area contributed by atoms with E-state index in [2.05, 4.69) is 33.0 Å². The number of aliphatic hydroxyl groups excluding tert-OH is 1. The van der Waals surface area contributed by atoms with Crippen LogP contribution in [0.3, 0.4) is 0 Å². The molecule has 88 valence electrons. The van der Waals surface area contributed by atoms with Crippen molar-refractivity contribution in [1.82, 2.24) is 4.90 Å². The molecular formula is C12H16BrNO2. The lowest BCUT2D eigenvalue weighted by atomic mass is 9.88. The third-order valence-electron chi connectivity index (χ3n) is 3.63. The molecule has 1 unspecified atom stereocenters. The average molecular weight is 286 g/mol. The fourth-order valence-corrected chi connectivity index (χ4v) is 3.31. The maximum absolute atomic E-state index is 10.1. The number of hydrogen-bond donors (Lipinski definition) is 1. The summed E-state index contributed by atoms with van der Waals surface area (Å²) in [5.74, 6) is 0. The Morgan fingerprint density at radius 2 is 2.38 bits per heavy atom. The van der Waals surface area contributed by atoms with Crippen LogP contribution in [0.5, 0.6) is 0 Å². The fourth-order valence-electron chi connectivity index (χ4n) is 2.85. The predicted octanol–water partition coefficient (Wildman–Crippen LogP) is 1.43. The zero-order chi connectivity index (χ0) is 11.1. The second kappa shape index (κ2) is 4.17. The highest BCUT2D eigenvalue weighted by Gasteiger charge is 2.36. The Labute approximate surface area is 104 Å². The Bertz CT molecular complexity index is 353. The van der Waals surface area contributed by atoms with Crippen LogP contribution in [-0.2, 0) is 4.74 Å². The van der Waals surface area contributed by atoms with E-state index in [1.807, 2.05) is 0 Å². The van der Waals surface area contributed by atoms with Crippen LogP contribution in [0.25, 0.3) is 0 Å². The molecule has 0 radical (unpaired) electrons. The number of hydrogen-bond acceptors (Lipinski definition) is 3. The molecule has 0 amide bonds. The molecule has 0 aromatic heterocycles. The minimum Gasteiger partial charge on any atom is -0.388 e. The number of morpholine rings is 1. The number of fused-ring (bicyclic) bond motifs is 2. The minimum absolute atomic E-state index is 0.311. The third kappa shape index (κ3) is 1.73. The first-order chi connectivity index (χ1) is 7.75. The van der Waals surface area contributed by atoms with Gasteiger partial charge in [-0.1, -0.05) is 28.1 Å². The predicted molar refractivity (Wildman–Crippen MR) is 65.4 cm³/mol. The normalized spacial score (nSPS) is 38.4. The first kappa shape index (κ1) is 10.8. The summed E-state index contributed by atoms with van der Waals surface area (Å²) >= 11 is 3.63. The van der Waals surface area contributed by atoms with Crippen LogP contribution in [-0.4, -0.2) is 46.7 Å². The summed E-state index contributed by atoms with van der Waals surface area (Å²) in [4.78, 5) is 2.84. The van der Waals surface area contributed by atoms with Gasteiger partial charge in [0, 0.05) is 29.9 Å². The van der Waals surface area contributed by atoms with E-state index < -0.39 is 0 Å². The number of alkyl halides is 1. The van der Waals surface area contributed by atoms with Crippen molar-refractivity contribution in [2.75, 3.05) is 19.8 Å². The van der Waals surface area contributed by atoms with Crippen LogP contribution in [0.1, 0.15) is 12.8 Å². The van der Waals surface area contributed by atoms with Gasteiger partial charge in [0.1, 0.15) is 0 Å². The van der Waals surface area contributed by atoms with Gasteiger partial charge in [0.15, 0.2) is 0 Å². The highest BCUT2D eigenvalue weighted by atomic mass is 79.9. The molecule has 1 N–H and O–H groups in total. The summed E-state index contributed by atoms with van der Waals surface area (Å²) in [6.07, 6.45) is 5.68. The van der Waals surface area contributed by atoms with Gasteiger partial charge in [-0.15, -0.1) is 0 Å². The lowest BCUT2D eigenvalue weighted by Gasteiger charge is -2.46. The molecule has 2 heterocycles. The number of rotatable bonds is 0. The topological polar surface area (TPSA) is 32.7 Å². The molecule has 0 spiro atoms. The molecule has 3 aliphatic rings. The van der Waals surface area contributed by atoms with Gasteiger partial charge < -0.3 is 14.7 Å². The van der Waals surface area contributed by atoms with Crippen molar-refractivity contribution in [2.45, 2.75) is 29.8 Å². The molecule has 1 fully saturated rings. The standard InChI is InChI=1S/C12H16BrNO2/c13-8-1-2-10-11(5-8)14-3-4-16-7-9(14)6-12(10)15/h1-2,8-9,12,15H,3-7H2/t8-,9-,12?/m0/s1. The van der Waals surface area contributed by atoms with Gasteiger partial charge in [-0.25, -0.2) is 0 Å². The molecule has 4 heteroatoms. The van der Waals surface area contributed by atoms with Gasteiger partial charge in [0.25, 0.3) is 0 Å². The number of allylic oxidation sites excluding steroid dienone is 2. The van der Waals surface area contributed by atoms with E-state index >= 15 is 0 Å². The molecule has 1 saturated heterocycles. The van der Waals surface area contributed by atoms with Crippen molar-refractivity contribution in [2.24, 2.45) is 0 Å². The summed E-state index contributed by atoms with van der Waals surface area (Å²) in [5.41, 5.74) is 2.44. The molecule has 3 atom stereocenters. The molecular weight excluding hydrogens is 270 g/mol. The number of aliphatic hydroxyl groups is 1. The molecule has 0 bridgehead atoms. The Morgan fingerprint density at radius 1 is 1.50 bits per heavy atom. The van der Waals surface area contributed by atoms with Gasteiger partial charge >= 0.3 is 0 Å². The van der Waals surface area contributed by atoms with Gasteiger partial charge in [0.2, 0.25) is 0 Å². The maximum atomic E-state index is 10.1. The van der Waals surface area contributed by atoms with Gasteiger partial charge in [-0.2, -0.15) is 0 Å². The van der Waals surface area contributed by atoms with Gasteiger partial charge in [-0.05, 0) is 5.57 Å². The Hall–Kier alpha value is -0.320. The van der Waals surface area contributed by atoms with Crippen LogP contribution in [0.4, 0.5) is 0 Å². The van der Waals surface area contributed by atoms with E-state index in [1.54, 1.807) is 0 Å². The van der Waals surface area contributed by atoms with Crippen molar-refractivity contribution >= 4 is 15.9 Å². The van der Waals surface area contributed by atoms with Crippen molar-refractivity contribution in [1.29, 1.82) is 0 Å². The summed E-state index contributed by atoms with van der Waals surface area (Å²) in [6.45, 7) is 2.52. The Kier molecular flexibility index (Phi) is 2.81. The van der Waals surface area contributed by atoms with E-state index in [4.69, 9.17) is 4.74 Å². The van der Waals surface area contributed by atoms with Crippen molar-refractivity contribution in [3.63, 3.8) is 0 Å². The quantitative estimate of drug-likeness (QED) is 0.684. The van der Waals surface area contributed by atoms with Crippen molar-refractivity contribution < 1.29 is 9.84 Å². The zero-order valence-corrected chi connectivity index (χ0v) is 10.7. The van der Waals surface area contributed by atoms with E-state index in [9.17, 15) is 5.11 Å². The maximum Gasteiger partial charge on any atom is 0.0827 e. The molecule has 0 saturated carbocycles. The van der Waals surface area contributed by atoms with Crippen LogP contribution in [0.15, 0.2) is 23.4 Å². The van der Waals surface area contributed by atoms with E-state index in [-0.39, 0.29) is 6.10 Å². The third-order valence-corrected chi connectivity index (χ3v) is 4.26. The van der Waals surface area contributed by atoms with Gasteiger partial charge in [0.05, 0.1) is 25.4 Å². The number of halogens is 1. The largest absolute Gasteiger partial charge is 0.388 e. The van der Waals surface area contributed by atoms with Crippen LogP contribution in [0, 0.1) is 0 Å². The molecule has 2 aliphatic heterocycles. The number of ether oxygens (including phenoxy) is 1. The van der Waals surface area contributed by atoms with Gasteiger partial charge in [-0.3, -0.25) is 0 Å². The summed E-state index contributed by atoms with van der Waals surface area (Å²) in [5, 5.41) is 10.1. The molecule has 3 rings (SSSR count). The fraction of sp³-hybridized carbons (Fsp3) is 0.667. The molecule has 16 heavy (non-hydrogen) atoms. The van der Waals surface area contributed by atoms with E-state index in [0.29, 0.717) is 10.9 Å². The second-order valence-corrected chi connectivity index (χ2v) is 5.83. The first-order valence-corrected chi connectivity index (χ1v) is 6.75. The van der Waals surface area contributed by atoms with Crippen molar-refractivity contribution in [3.05, 3.63) is 23.4 Å².